The van der Waals surface area contributed by atoms with E-state index in [1.807, 2.05) is 7.05 Å². The molecular formula is C14H22N2O4. The maximum Gasteiger partial charge on any atom is 0.313 e. The van der Waals surface area contributed by atoms with Gasteiger partial charge in [0.1, 0.15) is 5.76 Å². The van der Waals surface area contributed by atoms with Gasteiger partial charge in [0, 0.05) is 12.5 Å². The van der Waals surface area contributed by atoms with E-state index < -0.39 is 5.41 Å². The molecule has 1 heterocycles. The largest absolute Gasteiger partial charge is 0.440 e. The number of rotatable bonds is 3. The molecule has 6 nitrogen and oxygen atoms in total. The molecule has 20 heavy (non-hydrogen) atoms. The summed E-state index contributed by atoms with van der Waals surface area (Å²) in [6.45, 7) is 5.13. The van der Waals surface area contributed by atoms with E-state index in [0.29, 0.717) is 11.3 Å². The second-order valence-corrected chi connectivity index (χ2v) is 6.16. The molecule has 1 aliphatic carbocycles. The number of aromatic nitrogens is 1. The highest BCUT2D eigenvalue weighted by Gasteiger charge is 2.29. The molecule has 1 aliphatic rings. The molecule has 0 amide bonds. The van der Waals surface area contributed by atoms with Crippen molar-refractivity contribution in [3.8, 4) is 0 Å². The number of aryl methyl sites for hydroxylation is 1. The molecule has 0 fully saturated rings. The van der Waals surface area contributed by atoms with Crippen molar-refractivity contribution in [3.05, 3.63) is 21.7 Å². The van der Waals surface area contributed by atoms with Crippen LogP contribution in [0.15, 0.2) is 9.32 Å². The summed E-state index contributed by atoms with van der Waals surface area (Å²) in [5, 5.41) is 3.12. The first kappa shape index (κ1) is 14.8. The standard InChI is InChI=1S/C14H22N2O4/c1-14(2,3)13(18)19-8-16-12(17)11-9(15-4)6-5-7-10(11)20-16/h9,15H,5-8H2,1-4H3. The monoisotopic (exact) mass is 282 g/mol. The van der Waals surface area contributed by atoms with Crippen LogP contribution < -0.4 is 10.9 Å². The number of esters is 1. The third-order valence-corrected chi connectivity index (χ3v) is 3.50. The summed E-state index contributed by atoms with van der Waals surface area (Å²) < 4.78 is 11.8. The van der Waals surface area contributed by atoms with E-state index in [1.54, 1.807) is 20.8 Å². The first-order valence-electron chi connectivity index (χ1n) is 6.92. The van der Waals surface area contributed by atoms with Gasteiger partial charge in [-0.2, -0.15) is 0 Å². The number of nitrogens with zero attached hydrogens (tertiary/aromatic N) is 1. The van der Waals surface area contributed by atoms with E-state index in [2.05, 4.69) is 5.32 Å². The Morgan fingerprint density at radius 2 is 2.20 bits per heavy atom. The van der Waals surface area contributed by atoms with Crippen LogP contribution in [0.1, 0.15) is 51.0 Å². The van der Waals surface area contributed by atoms with Gasteiger partial charge in [-0.25, -0.2) is 0 Å². The predicted octanol–water partition coefficient (Wildman–Crippen LogP) is 1.58. The normalized spacial score (nSPS) is 18.7. The summed E-state index contributed by atoms with van der Waals surface area (Å²) in [5.74, 6) is 0.344. The quantitative estimate of drug-likeness (QED) is 0.852. The lowest BCUT2D eigenvalue weighted by Crippen LogP contribution is -2.30. The van der Waals surface area contributed by atoms with Crippen molar-refractivity contribution in [1.82, 2.24) is 10.1 Å². The maximum atomic E-state index is 12.3. The number of hydrogen-bond acceptors (Lipinski definition) is 5. The summed E-state index contributed by atoms with van der Waals surface area (Å²) in [6, 6.07) is 0.0227. The molecule has 0 spiro atoms. The van der Waals surface area contributed by atoms with Crippen molar-refractivity contribution in [1.29, 1.82) is 0 Å². The summed E-state index contributed by atoms with van der Waals surface area (Å²) in [5.41, 5.74) is -0.130. The van der Waals surface area contributed by atoms with Crippen molar-refractivity contribution in [3.63, 3.8) is 0 Å². The zero-order valence-corrected chi connectivity index (χ0v) is 12.5. The molecule has 1 aromatic heterocycles. The molecular weight excluding hydrogens is 260 g/mol. The molecule has 6 heteroatoms. The lowest BCUT2D eigenvalue weighted by atomic mass is 9.94. The van der Waals surface area contributed by atoms with Crippen molar-refractivity contribution in [2.75, 3.05) is 7.05 Å². The van der Waals surface area contributed by atoms with Gasteiger partial charge in [-0.1, -0.05) is 0 Å². The molecule has 1 aromatic rings. The fourth-order valence-electron chi connectivity index (χ4n) is 2.32. The Labute approximate surface area is 118 Å². The Morgan fingerprint density at radius 3 is 2.80 bits per heavy atom. The maximum absolute atomic E-state index is 12.3. The van der Waals surface area contributed by atoms with Crippen molar-refractivity contribution in [2.24, 2.45) is 5.41 Å². The minimum atomic E-state index is -0.594. The number of carbonyl (C=O) groups is 1. The van der Waals surface area contributed by atoms with Gasteiger partial charge in [0.05, 0.1) is 11.0 Å². The summed E-state index contributed by atoms with van der Waals surface area (Å²) in [7, 11) is 1.83. The van der Waals surface area contributed by atoms with Crippen LogP contribution in [0.3, 0.4) is 0 Å². The van der Waals surface area contributed by atoms with Crippen molar-refractivity contribution in [2.45, 2.75) is 52.8 Å². The number of hydrogen-bond donors (Lipinski definition) is 1. The Kier molecular flexibility index (Phi) is 4.04. The molecule has 0 aliphatic heterocycles. The minimum Gasteiger partial charge on any atom is -0.440 e. The molecule has 0 saturated heterocycles. The number of nitrogens with one attached hydrogen (secondary N) is 1. The Balaban J connectivity index is 2.17. The second-order valence-electron chi connectivity index (χ2n) is 6.16. The lowest BCUT2D eigenvalue weighted by molar-refractivity contribution is -0.159. The van der Waals surface area contributed by atoms with Crippen LogP contribution in [0, 0.1) is 5.41 Å². The van der Waals surface area contributed by atoms with Gasteiger partial charge in [0.2, 0.25) is 6.73 Å². The molecule has 0 radical (unpaired) electrons. The average molecular weight is 282 g/mol. The summed E-state index contributed by atoms with van der Waals surface area (Å²) >= 11 is 0. The Bertz CT molecular complexity index is 551. The predicted molar refractivity (Wildman–Crippen MR) is 73.3 cm³/mol. The molecule has 1 atom stereocenters. The fraction of sp³-hybridized carbons (Fsp3) is 0.714. The number of fused-ring (bicyclic) bond motifs is 1. The topological polar surface area (TPSA) is 73.5 Å². The van der Waals surface area contributed by atoms with Crippen LogP contribution in [-0.2, 0) is 22.7 Å². The van der Waals surface area contributed by atoms with E-state index in [0.717, 1.165) is 24.0 Å². The van der Waals surface area contributed by atoms with Crippen LogP contribution in [-0.4, -0.2) is 17.8 Å². The van der Waals surface area contributed by atoms with Gasteiger partial charge in [-0.15, -0.1) is 4.74 Å². The number of ether oxygens (including phenoxy) is 1. The van der Waals surface area contributed by atoms with Crippen LogP contribution in [0.5, 0.6) is 0 Å². The summed E-state index contributed by atoms with van der Waals surface area (Å²) in [4.78, 5) is 24.0. The van der Waals surface area contributed by atoms with Crippen molar-refractivity contribution >= 4 is 5.97 Å². The first-order chi connectivity index (χ1) is 9.34. The molecule has 112 valence electrons. The van der Waals surface area contributed by atoms with E-state index in [4.69, 9.17) is 9.26 Å². The zero-order chi connectivity index (χ0) is 14.9. The van der Waals surface area contributed by atoms with Gasteiger partial charge in [0.15, 0.2) is 0 Å². The third kappa shape index (κ3) is 2.80. The molecule has 1 N–H and O–H groups in total. The lowest BCUT2D eigenvalue weighted by Gasteiger charge is -2.18. The molecule has 0 saturated carbocycles. The van der Waals surface area contributed by atoms with E-state index in [-0.39, 0.29) is 24.3 Å². The van der Waals surface area contributed by atoms with Crippen LogP contribution in [0.2, 0.25) is 0 Å². The van der Waals surface area contributed by atoms with Crippen molar-refractivity contribution < 1.29 is 14.1 Å². The van der Waals surface area contributed by atoms with Gasteiger partial charge in [-0.05, 0) is 40.7 Å². The molecule has 0 bridgehead atoms. The van der Waals surface area contributed by atoms with E-state index in [1.165, 1.54) is 0 Å². The van der Waals surface area contributed by atoms with E-state index >= 15 is 0 Å². The molecule has 2 rings (SSSR count). The smallest absolute Gasteiger partial charge is 0.313 e. The fourth-order valence-corrected chi connectivity index (χ4v) is 2.32. The molecule has 1 unspecified atom stereocenters. The summed E-state index contributed by atoms with van der Waals surface area (Å²) in [6.07, 6.45) is 2.65. The van der Waals surface area contributed by atoms with Gasteiger partial charge in [0.25, 0.3) is 5.56 Å². The average Bonchev–Trinajstić information content (AvgIpc) is 2.71. The van der Waals surface area contributed by atoms with Gasteiger partial charge < -0.3 is 14.6 Å². The van der Waals surface area contributed by atoms with Crippen LogP contribution >= 0.6 is 0 Å². The minimum absolute atomic E-state index is 0.0227. The Hall–Kier alpha value is -1.56. The highest BCUT2D eigenvalue weighted by Crippen LogP contribution is 2.27. The van der Waals surface area contributed by atoms with Crippen LogP contribution in [0.25, 0.3) is 0 Å². The third-order valence-electron chi connectivity index (χ3n) is 3.50. The van der Waals surface area contributed by atoms with Gasteiger partial charge >= 0.3 is 5.97 Å². The highest BCUT2D eigenvalue weighted by molar-refractivity contribution is 5.75. The van der Waals surface area contributed by atoms with E-state index in [9.17, 15) is 9.59 Å². The second kappa shape index (κ2) is 5.44. The number of carbonyl (C=O) groups excluding carboxylic acids is 1. The Morgan fingerprint density at radius 1 is 1.50 bits per heavy atom. The molecule has 0 aromatic carbocycles. The first-order valence-corrected chi connectivity index (χ1v) is 6.92. The highest BCUT2D eigenvalue weighted by atomic mass is 16.6. The van der Waals surface area contributed by atoms with Crippen LogP contribution in [0.4, 0.5) is 0 Å². The van der Waals surface area contributed by atoms with Gasteiger partial charge in [-0.3, -0.25) is 9.59 Å². The zero-order valence-electron chi connectivity index (χ0n) is 12.5. The SMILES string of the molecule is CNC1CCCc2on(COC(=O)C(C)(C)C)c(=O)c21.